The zero-order valence-corrected chi connectivity index (χ0v) is 12.6. The van der Waals surface area contributed by atoms with Crippen LogP contribution in [-0.2, 0) is 6.54 Å². The Balaban J connectivity index is 1.83. The highest BCUT2D eigenvalue weighted by Crippen LogP contribution is 2.24. The maximum atomic E-state index is 12.3. The third-order valence-corrected chi connectivity index (χ3v) is 3.40. The fraction of sp³-hybridized carbons (Fsp3) is 0.125. The van der Waals surface area contributed by atoms with Crippen molar-refractivity contribution < 1.29 is 27.9 Å². The molecule has 0 atom stereocenters. The third kappa shape index (κ3) is 4.07. The molecule has 0 aliphatic carbocycles. The number of nitrogens with zero attached hydrogens (tertiary/aromatic N) is 2. The topological polar surface area (TPSA) is 76.4 Å². The Morgan fingerprint density at radius 1 is 1.24 bits per heavy atom. The molecule has 1 heterocycles. The Morgan fingerprint density at radius 3 is 2.76 bits per heavy atom. The minimum Gasteiger partial charge on any atom is -0.406 e. The van der Waals surface area contributed by atoms with Crippen LogP contribution in [0, 0.1) is 0 Å². The number of amides is 1. The summed E-state index contributed by atoms with van der Waals surface area (Å²) in [6.07, 6.45) is -3.05. The van der Waals surface area contributed by atoms with Crippen molar-refractivity contribution in [3.05, 3.63) is 59.8 Å². The fourth-order valence-electron chi connectivity index (χ4n) is 2.38. The lowest BCUT2D eigenvalue weighted by Gasteiger charge is -2.10. The van der Waals surface area contributed by atoms with Gasteiger partial charge in [-0.05, 0) is 29.8 Å². The van der Waals surface area contributed by atoms with Crippen LogP contribution >= 0.6 is 0 Å². The van der Waals surface area contributed by atoms with E-state index in [4.69, 9.17) is 5.21 Å². The molecule has 2 aromatic carbocycles. The maximum absolute atomic E-state index is 12.3. The summed E-state index contributed by atoms with van der Waals surface area (Å²) >= 11 is 0. The van der Waals surface area contributed by atoms with Crippen LogP contribution < -0.4 is 10.2 Å². The number of ether oxygens (including phenoxy) is 1. The first kappa shape index (κ1) is 16.8. The van der Waals surface area contributed by atoms with E-state index in [1.165, 1.54) is 40.5 Å². The van der Waals surface area contributed by atoms with Crippen LogP contribution in [0.1, 0.15) is 15.9 Å². The zero-order chi connectivity index (χ0) is 18.0. The van der Waals surface area contributed by atoms with Crippen molar-refractivity contribution in [1.29, 1.82) is 0 Å². The van der Waals surface area contributed by atoms with E-state index in [0.29, 0.717) is 11.1 Å². The first-order chi connectivity index (χ1) is 11.8. The molecule has 0 saturated carbocycles. The van der Waals surface area contributed by atoms with Crippen LogP contribution in [0.15, 0.2) is 48.7 Å². The number of carbonyl (C=O) groups is 1. The largest absolute Gasteiger partial charge is 0.573 e. The van der Waals surface area contributed by atoms with E-state index in [2.05, 4.69) is 9.84 Å². The molecule has 0 unspecified atom stereocenters. The summed E-state index contributed by atoms with van der Waals surface area (Å²) in [4.78, 5) is 11.4. The summed E-state index contributed by atoms with van der Waals surface area (Å²) in [7, 11) is 0. The lowest BCUT2D eigenvalue weighted by molar-refractivity contribution is -0.274. The van der Waals surface area contributed by atoms with Gasteiger partial charge in [0.25, 0.3) is 5.91 Å². The van der Waals surface area contributed by atoms with E-state index < -0.39 is 12.3 Å². The van der Waals surface area contributed by atoms with Gasteiger partial charge in [-0.3, -0.25) is 14.7 Å². The number of carbonyl (C=O) groups excluding carboxylic acids is 1. The molecule has 1 amide bonds. The first-order valence-electron chi connectivity index (χ1n) is 7.10. The van der Waals surface area contributed by atoms with Crippen molar-refractivity contribution in [2.24, 2.45) is 0 Å². The number of rotatable bonds is 4. The molecule has 0 bridgehead atoms. The first-order valence-corrected chi connectivity index (χ1v) is 7.10. The van der Waals surface area contributed by atoms with Gasteiger partial charge in [-0.1, -0.05) is 18.2 Å². The second kappa shape index (κ2) is 6.44. The van der Waals surface area contributed by atoms with Crippen LogP contribution in [0.5, 0.6) is 5.75 Å². The molecule has 6 nitrogen and oxygen atoms in total. The molecule has 3 aromatic rings. The van der Waals surface area contributed by atoms with Gasteiger partial charge in [0, 0.05) is 17.1 Å². The van der Waals surface area contributed by atoms with Gasteiger partial charge in [-0.15, -0.1) is 13.2 Å². The number of aromatic nitrogens is 2. The number of hydrogen-bond acceptors (Lipinski definition) is 4. The molecule has 0 fully saturated rings. The number of nitrogens with one attached hydrogen (secondary N) is 1. The van der Waals surface area contributed by atoms with E-state index in [9.17, 15) is 18.0 Å². The number of hydrogen-bond donors (Lipinski definition) is 2. The molecule has 0 spiro atoms. The molecule has 0 aliphatic rings. The normalized spacial score (nSPS) is 11.5. The van der Waals surface area contributed by atoms with Crippen LogP contribution in [0.25, 0.3) is 10.9 Å². The van der Waals surface area contributed by atoms with Crippen LogP contribution in [-0.4, -0.2) is 27.3 Å². The molecule has 2 N–H and O–H groups in total. The zero-order valence-electron chi connectivity index (χ0n) is 12.6. The highest BCUT2D eigenvalue weighted by atomic mass is 19.4. The number of hydroxylamine groups is 1. The predicted octanol–water partition coefficient (Wildman–Crippen LogP) is 3.10. The summed E-state index contributed by atoms with van der Waals surface area (Å²) < 4.78 is 42.3. The number of benzene rings is 2. The smallest absolute Gasteiger partial charge is 0.406 e. The summed E-state index contributed by atoms with van der Waals surface area (Å²) in [6.45, 7) is 0.227. The standard InChI is InChI=1S/C16H12F3N3O3/c17-16(18,19)25-13-3-1-2-10(6-13)8-22-9-12-5-4-11(15(23)21-24)7-14(12)20-22/h1-7,9,24H,8H2,(H,21,23). The monoisotopic (exact) mass is 351 g/mol. The van der Waals surface area contributed by atoms with Gasteiger partial charge in [-0.2, -0.15) is 5.10 Å². The van der Waals surface area contributed by atoms with Crippen molar-refractivity contribution in [2.75, 3.05) is 0 Å². The van der Waals surface area contributed by atoms with E-state index in [1.807, 2.05) is 0 Å². The summed E-state index contributed by atoms with van der Waals surface area (Å²) in [6, 6.07) is 10.3. The lowest BCUT2D eigenvalue weighted by Crippen LogP contribution is -2.18. The van der Waals surface area contributed by atoms with E-state index in [1.54, 1.807) is 18.3 Å². The van der Waals surface area contributed by atoms with Crippen molar-refractivity contribution in [2.45, 2.75) is 12.9 Å². The summed E-state index contributed by atoms with van der Waals surface area (Å²) in [5.41, 5.74) is 2.86. The van der Waals surface area contributed by atoms with E-state index in [-0.39, 0.29) is 17.9 Å². The number of halogens is 3. The molecule has 0 radical (unpaired) electrons. The van der Waals surface area contributed by atoms with Gasteiger partial charge in [0.05, 0.1) is 12.1 Å². The molecule has 0 saturated heterocycles. The average Bonchev–Trinajstić information content (AvgIpc) is 2.94. The minimum atomic E-state index is -4.75. The molecule has 0 aliphatic heterocycles. The van der Waals surface area contributed by atoms with Gasteiger partial charge in [0.15, 0.2) is 0 Å². The van der Waals surface area contributed by atoms with Crippen LogP contribution in [0.2, 0.25) is 0 Å². The van der Waals surface area contributed by atoms with Crippen molar-refractivity contribution in [3.63, 3.8) is 0 Å². The third-order valence-electron chi connectivity index (χ3n) is 3.40. The van der Waals surface area contributed by atoms with Gasteiger partial charge < -0.3 is 4.74 Å². The number of fused-ring (bicyclic) bond motifs is 1. The van der Waals surface area contributed by atoms with Crippen LogP contribution in [0.3, 0.4) is 0 Å². The van der Waals surface area contributed by atoms with Crippen molar-refractivity contribution >= 4 is 16.8 Å². The van der Waals surface area contributed by atoms with Gasteiger partial charge in [0.1, 0.15) is 5.75 Å². The molecule has 25 heavy (non-hydrogen) atoms. The number of alkyl halides is 3. The molecule has 9 heteroatoms. The second-order valence-corrected chi connectivity index (χ2v) is 5.24. The Labute approximate surface area is 139 Å². The lowest BCUT2D eigenvalue weighted by atomic mass is 10.1. The van der Waals surface area contributed by atoms with Crippen molar-refractivity contribution in [1.82, 2.24) is 15.3 Å². The van der Waals surface area contributed by atoms with Crippen LogP contribution in [0.4, 0.5) is 13.2 Å². The van der Waals surface area contributed by atoms with Gasteiger partial charge in [-0.25, -0.2) is 5.48 Å². The predicted molar refractivity (Wildman–Crippen MR) is 81.2 cm³/mol. The van der Waals surface area contributed by atoms with Gasteiger partial charge >= 0.3 is 6.36 Å². The highest BCUT2D eigenvalue weighted by Gasteiger charge is 2.31. The molecule has 130 valence electrons. The molecular formula is C16H12F3N3O3. The van der Waals surface area contributed by atoms with E-state index >= 15 is 0 Å². The minimum absolute atomic E-state index is 0.227. The Morgan fingerprint density at radius 2 is 2.04 bits per heavy atom. The Hall–Kier alpha value is -3.07. The SMILES string of the molecule is O=C(NO)c1ccc2cn(Cc3cccc(OC(F)(F)F)c3)nc2c1. The van der Waals surface area contributed by atoms with Crippen molar-refractivity contribution in [3.8, 4) is 5.75 Å². The molecule has 1 aromatic heterocycles. The van der Waals surface area contributed by atoms with Gasteiger partial charge in [0.2, 0.25) is 0 Å². The summed E-state index contributed by atoms with van der Waals surface area (Å²) in [5, 5.41) is 13.7. The van der Waals surface area contributed by atoms with E-state index in [0.717, 1.165) is 5.39 Å². The highest BCUT2D eigenvalue weighted by molar-refractivity contribution is 5.97. The second-order valence-electron chi connectivity index (χ2n) is 5.24. The maximum Gasteiger partial charge on any atom is 0.573 e. The fourth-order valence-corrected chi connectivity index (χ4v) is 2.38. The quantitative estimate of drug-likeness (QED) is 0.559. The molecular weight excluding hydrogens is 339 g/mol. The molecule has 3 rings (SSSR count). The Kier molecular flexibility index (Phi) is 4.32. The average molecular weight is 351 g/mol. The Bertz CT molecular complexity index is 922. The summed E-state index contributed by atoms with van der Waals surface area (Å²) in [5.74, 6) is -0.961.